The number of hydrogen-bond acceptors (Lipinski definition) is 3. The van der Waals surface area contributed by atoms with Gasteiger partial charge in [0.15, 0.2) is 5.78 Å². The lowest BCUT2D eigenvalue weighted by Crippen LogP contribution is -2.21. The Morgan fingerprint density at radius 1 is 1.10 bits per heavy atom. The van der Waals surface area contributed by atoms with Gasteiger partial charge in [-0.3, -0.25) is 4.79 Å². The quantitative estimate of drug-likeness (QED) is 0.647. The van der Waals surface area contributed by atoms with Crippen LogP contribution >= 0.6 is 0 Å². The van der Waals surface area contributed by atoms with E-state index in [1.165, 1.54) is 11.1 Å². The zero-order valence-electron chi connectivity index (χ0n) is 18.8. The van der Waals surface area contributed by atoms with Crippen molar-refractivity contribution in [3.63, 3.8) is 0 Å². The van der Waals surface area contributed by atoms with E-state index in [4.69, 9.17) is 4.74 Å². The molecule has 3 atom stereocenters. The average Bonchev–Trinajstić information content (AvgIpc) is 3.24. The number of esters is 1. The summed E-state index contributed by atoms with van der Waals surface area (Å²) in [4.78, 5) is 29.0. The van der Waals surface area contributed by atoms with Gasteiger partial charge in [0.25, 0.3) is 0 Å². The molecule has 0 aliphatic heterocycles. The molecular weight excluding hydrogens is 374 g/mol. The first kappa shape index (κ1) is 20.9. The maximum atomic E-state index is 13.0. The van der Waals surface area contributed by atoms with Crippen molar-refractivity contribution in [2.24, 2.45) is 5.92 Å². The van der Waals surface area contributed by atoms with Gasteiger partial charge in [0, 0.05) is 17.7 Å². The summed E-state index contributed by atoms with van der Waals surface area (Å²) in [5, 5.41) is 0. The van der Waals surface area contributed by atoms with E-state index in [9.17, 15) is 9.59 Å². The third kappa shape index (κ3) is 3.84. The Morgan fingerprint density at radius 2 is 1.80 bits per heavy atom. The summed E-state index contributed by atoms with van der Waals surface area (Å²) in [6.45, 7) is 10.6. The predicted molar refractivity (Wildman–Crippen MR) is 118 cm³/mol. The zero-order valence-corrected chi connectivity index (χ0v) is 18.8. The first-order chi connectivity index (χ1) is 14.1. The first-order valence-electron chi connectivity index (χ1n) is 11.2. The van der Waals surface area contributed by atoms with Crippen LogP contribution in [0.25, 0.3) is 0 Å². The number of fused-ring (bicyclic) bond motifs is 1. The SMILES string of the molecule is Cc1c(C(=O)OC2CCCC2C)[nH]c2c1C(=O)CC(c1ccc(C(C)(C)C)cc1)C2. The van der Waals surface area contributed by atoms with Gasteiger partial charge < -0.3 is 9.72 Å². The minimum absolute atomic E-state index is 0.0120. The van der Waals surface area contributed by atoms with Gasteiger partial charge in [0.1, 0.15) is 11.8 Å². The molecular formula is C26H33NO3. The summed E-state index contributed by atoms with van der Waals surface area (Å²) in [5.74, 6) is 0.333. The first-order valence-corrected chi connectivity index (χ1v) is 11.2. The van der Waals surface area contributed by atoms with Crippen molar-refractivity contribution in [3.05, 3.63) is 57.9 Å². The lowest BCUT2D eigenvalue weighted by Gasteiger charge is -2.24. The van der Waals surface area contributed by atoms with Crippen molar-refractivity contribution < 1.29 is 14.3 Å². The second kappa shape index (κ2) is 7.72. The minimum Gasteiger partial charge on any atom is -0.457 e. The largest absolute Gasteiger partial charge is 0.457 e. The van der Waals surface area contributed by atoms with E-state index in [1.54, 1.807) is 0 Å². The second-order valence-corrected chi connectivity index (χ2v) is 10.2. The van der Waals surface area contributed by atoms with Crippen molar-refractivity contribution >= 4 is 11.8 Å². The maximum absolute atomic E-state index is 13.0. The van der Waals surface area contributed by atoms with Crippen molar-refractivity contribution in [1.82, 2.24) is 4.98 Å². The van der Waals surface area contributed by atoms with Gasteiger partial charge in [-0.15, -0.1) is 0 Å². The third-order valence-electron chi connectivity index (χ3n) is 6.98. The molecule has 4 heteroatoms. The molecule has 30 heavy (non-hydrogen) atoms. The number of benzene rings is 1. The van der Waals surface area contributed by atoms with E-state index >= 15 is 0 Å². The van der Waals surface area contributed by atoms with E-state index in [0.29, 0.717) is 23.6 Å². The van der Waals surface area contributed by atoms with Crippen LogP contribution in [0.1, 0.15) is 103 Å². The predicted octanol–water partition coefficient (Wildman–Crippen LogP) is 5.88. The molecule has 4 nitrogen and oxygen atoms in total. The van der Waals surface area contributed by atoms with Crippen LogP contribution in [-0.2, 0) is 16.6 Å². The van der Waals surface area contributed by atoms with Gasteiger partial charge in [0.05, 0.1) is 0 Å². The molecule has 0 spiro atoms. The number of rotatable bonds is 3. The second-order valence-electron chi connectivity index (χ2n) is 10.2. The Labute approximate surface area is 179 Å². The lowest BCUT2D eigenvalue weighted by molar-refractivity contribution is 0.0219. The summed E-state index contributed by atoms with van der Waals surface area (Å²) in [6.07, 6.45) is 4.35. The highest BCUT2D eigenvalue weighted by Gasteiger charge is 2.34. The molecule has 0 amide bonds. The summed E-state index contributed by atoms with van der Waals surface area (Å²) in [6, 6.07) is 8.63. The molecule has 1 saturated carbocycles. The van der Waals surface area contributed by atoms with Gasteiger partial charge >= 0.3 is 5.97 Å². The standard InChI is InChI=1S/C26H33NO3/c1-15-7-6-8-22(15)30-25(29)24-16(2)23-20(27-24)13-18(14-21(23)28)17-9-11-19(12-10-17)26(3,4)5/h9-12,15,18,22,27H,6-8,13-14H2,1-5H3. The number of aromatic nitrogens is 1. The summed E-state index contributed by atoms with van der Waals surface area (Å²) in [7, 11) is 0. The fourth-order valence-electron chi connectivity index (χ4n) is 5.01. The highest BCUT2D eigenvalue weighted by molar-refractivity contribution is 6.03. The van der Waals surface area contributed by atoms with Gasteiger partial charge in [-0.2, -0.15) is 0 Å². The summed E-state index contributed by atoms with van der Waals surface area (Å²) >= 11 is 0. The third-order valence-corrected chi connectivity index (χ3v) is 6.98. The maximum Gasteiger partial charge on any atom is 0.355 e. The minimum atomic E-state index is -0.320. The van der Waals surface area contributed by atoms with E-state index in [-0.39, 0.29) is 29.2 Å². The highest BCUT2D eigenvalue weighted by Crippen LogP contribution is 2.36. The van der Waals surface area contributed by atoms with E-state index < -0.39 is 0 Å². The number of Topliss-reactive ketones (excluding diaryl/α,β-unsaturated/α-hetero) is 1. The number of hydrogen-bond donors (Lipinski definition) is 1. The number of nitrogens with one attached hydrogen (secondary N) is 1. The Kier molecular flexibility index (Phi) is 5.37. The van der Waals surface area contributed by atoms with Crippen molar-refractivity contribution in [1.29, 1.82) is 0 Å². The molecule has 1 heterocycles. The van der Waals surface area contributed by atoms with Crippen LogP contribution in [0.5, 0.6) is 0 Å². The van der Waals surface area contributed by atoms with Crippen LogP contribution in [-0.4, -0.2) is 22.8 Å². The number of H-pyrrole nitrogens is 1. The Hall–Kier alpha value is -2.36. The molecule has 1 aromatic carbocycles. The number of ether oxygens (including phenoxy) is 1. The Morgan fingerprint density at radius 3 is 2.40 bits per heavy atom. The summed E-state index contributed by atoms with van der Waals surface area (Å²) in [5.41, 5.74) is 5.35. The lowest BCUT2D eigenvalue weighted by atomic mass is 9.80. The Bertz CT molecular complexity index is 961. The van der Waals surface area contributed by atoms with Gasteiger partial charge in [0.2, 0.25) is 0 Å². The molecule has 2 aliphatic carbocycles. The van der Waals surface area contributed by atoms with Crippen LogP contribution in [0.2, 0.25) is 0 Å². The fourth-order valence-corrected chi connectivity index (χ4v) is 5.01. The van der Waals surface area contributed by atoms with Gasteiger partial charge in [-0.25, -0.2) is 4.79 Å². The number of carbonyl (C=O) groups excluding carboxylic acids is 2. The van der Waals surface area contributed by atoms with Gasteiger partial charge in [-0.1, -0.05) is 52.0 Å². The molecule has 1 aromatic heterocycles. The Balaban J connectivity index is 1.55. The zero-order chi connectivity index (χ0) is 21.6. The average molecular weight is 408 g/mol. The molecule has 160 valence electrons. The number of carbonyl (C=O) groups is 2. The molecule has 1 fully saturated rings. The molecule has 4 rings (SSSR count). The smallest absolute Gasteiger partial charge is 0.355 e. The molecule has 2 aromatic rings. The summed E-state index contributed by atoms with van der Waals surface area (Å²) < 4.78 is 5.78. The molecule has 1 N–H and O–H groups in total. The highest BCUT2D eigenvalue weighted by atomic mass is 16.5. The number of ketones is 1. The molecule has 2 aliphatic rings. The van der Waals surface area contributed by atoms with Crippen LogP contribution in [0.15, 0.2) is 24.3 Å². The normalized spacial score (nSPS) is 24.0. The van der Waals surface area contributed by atoms with E-state index in [0.717, 1.165) is 36.9 Å². The molecule has 0 radical (unpaired) electrons. The van der Waals surface area contributed by atoms with Crippen LogP contribution < -0.4 is 0 Å². The van der Waals surface area contributed by atoms with E-state index in [1.807, 2.05) is 6.92 Å². The van der Waals surface area contributed by atoms with Crippen molar-refractivity contribution in [2.75, 3.05) is 0 Å². The van der Waals surface area contributed by atoms with Crippen molar-refractivity contribution in [3.8, 4) is 0 Å². The van der Waals surface area contributed by atoms with Gasteiger partial charge in [-0.05, 0) is 66.5 Å². The molecule has 0 bridgehead atoms. The van der Waals surface area contributed by atoms with Crippen LogP contribution in [0, 0.1) is 12.8 Å². The monoisotopic (exact) mass is 407 g/mol. The fraction of sp³-hybridized carbons (Fsp3) is 0.538. The van der Waals surface area contributed by atoms with Crippen molar-refractivity contribution in [2.45, 2.75) is 84.2 Å². The van der Waals surface area contributed by atoms with Crippen LogP contribution in [0.4, 0.5) is 0 Å². The number of aromatic amines is 1. The molecule has 0 saturated heterocycles. The topological polar surface area (TPSA) is 59.2 Å². The van der Waals surface area contributed by atoms with Crippen LogP contribution in [0.3, 0.4) is 0 Å². The molecule has 3 unspecified atom stereocenters. The van der Waals surface area contributed by atoms with E-state index in [2.05, 4.69) is 56.9 Å².